The zero-order valence-corrected chi connectivity index (χ0v) is 13.5. The van der Waals surface area contributed by atoms with E-state index in [0.29, 0.717) is 43.3 Å². The fourth-order valence-electron chi connectivity index (χ4n) is 2.49. The van der Waals surface area contributed by atoms with Crippen molar-refractivity contribution in [3.63, 3.8) is 0 Å². The Kier molecular flexibility index (Phi) is 5.37. The van der Waals surface area contributed by atoms with Crippen LogP contribution in [0.4, 0.5) is 0 Å². The maximum absolute atomic E-state index is 13.0. The monoisotopic (exact) mass is 315 g/mol. The molecule has 118 valence electrons. The highest BCUT2D eigenvalue weighted by Gasteiger charge is 2.43. The van der Waals surface area contributed by atoms with Gasteiger partial charge in [-0.3, -0.25) is 9.48 Å². The number of ether oxygens (including phenoxy) is 2. The van der Waals surface area contributed by atoms with Crippen LogP contribution < -0.4 is 0 Å². The number of likely N-dealkylation sites (N-methyl/N-ethyl adjacent to an activating group) is 1. The maximum atomic E-state index is 13.0. The second-order valence-electron chi connectivity index (χ2n) is 5.51. The van der Waals surface area contributed by atoms with Crippen LogP contribution in [0.25, 0.3) is 0 Å². The number of rotatable bonds is 6. The summed E-state index contributed by atoms with van der Waals surface area (Å²) in [4.78, 5) is 15.0. The molecule has 21 heavy (non-hydrogen) atoms. The largest absolute Gasteiger partial charge is 0.381 e. The Labute approximate surface area is 129 Å². The Morgan fingerprint density at radius 3 is 2.76 bits per heavy atom. The zero-order chi connectivity index (χ0) is 15.5. The van der Waals surface area contributed by atoms with Crippen LogP contribution in [0.2, 0.25) is 5.02 Å². The van der Waals surface area contributed by atoms with Crippen molar-refractivity contribution in [3.8, 4) is 0 Å². The van der Waals surface area contributed by atoms with E-state index in [1.54, 1.807) is 11.8 Å². The summed E-state index contributed by atoms with van der Waals surface area (Å²) in [5, 5.41) is 4.60. The molecule has 7 heteroatoms. The maximum Gasteiger partial charge on any atom is 0.214 e. The van der Waals surface area contributed by atoms with E-state index in [4.69, 9.17) is 21.1 Å². The summed E-state index contributed by atoms with van der Waals surface area (Å²) in [5.74, 6) is -0.102. The number of aromatic nitrogens is 2. The molecule has 0 radical (unpaired) electrons. The summed E-state index contributed by atoms with van der Waals surface area (Å²) < 4.78 is 12.6. The summed E-state index contributed by atoms with van der Waals surface area (Å²) in [7, 11) is 5.51. The molecule has 1 aliphatic rings. The van der Waals surface area contributed by atoms with Gasteiger partial charge in [-0.25, -0.2) is 0 Å². The van der Waals surface area contributed by atoms with Gasteiger partial charge in [0.1, 0.15) is 11.3 Å². The highest BCUT2D eigenvalue weighted by molar-refractivity contribution is 6.34. The third kappa shape index (κ3) is 3.45. The molecule has 0 saturated carbocycles. The van der Waals surface area contributed by atoms with Crippen LogP contribution in [0.1, 0.15) is 23.3 Å². The molecular formula is C14H22ClN3O3. The van der Waals surface area contributed by atoms with Crippen LogP contribution >= 0.6 is 11.6 Å². The molecule has 1 aromatic rings. The van der Waals surface area contributed by atoms with Gasteiger partial charge < -0.3 is 14.4 Å². The first-order valence-electron chi connectivity index (χ1n) is 7.04. The van der Waals surface area contributed by atoms with Gasteiger partial charge in [0.2, 0.25) is 5.78 Å². The summed E-state index contributed by atoms with van der Waals surface area (Å²) in [6.45, 7) is 2.42. The lowest BCUT2D eigenvalue weighted by Crippen LogP contribution is -2.46. The van der Waals surface area contributed by atoms with Gasteiger partial charge in [0, 0.05) is 39.7 Å². The lowest BCUT2D eigenvalue weighted by atomic mass is 9.87. The molecule has 2 rings (SSSR count). The number of hydrogen-bond donors (Lipinski definition) is 0. The predicted molar refractivity (Wildman–Crippen MR) is 79.9 cm³/mol. The Morgan fingerprint density at radius 2 is 2.19 bits per heavy atom. The van der Waals surface area contributed by atoms with E-state index in [0.717, 1.165) is 6.54 Å². The fourth-order valence-corrected chi connectivity index (χ4v) is 2.72. The summed E-state index contributed by atoms with van der Waals surface area (Å²) >= 11 is 6.19. The van der Waals surface area contributed by atoms with Crippen molar-refractivity contribution in [1.82, 2.24) is 14.7 Å². The summed E-state index contributed by atoms with van der Waals surface area (Å²) in [6.07, 6.45) is 2.60. The third-order valence-corrected chi connectivity index (χ3v) is 4.15. The molecule has 1 saturated heterocycles. The van der Waals surface area contributed by atoms with E-state index in [2.05, 4.69) is 5.10 Å². The molecule has 0 spiro atoms. The number of methoxy groups -OCH3 is 1. The van der Waals surface area contributed by atoms with E-state index < -0.39 is 5.60 Å². The van der Waals surface area contributed by atoms with Gasteiger partial charge in [0.05, 0.1) is 17.8 Å². The van der Waals surface area contributed by atoms with Crippen molar-refractivity contribution in [1.29, 1.82) is 0 Å². The van der Waals surface area contributed by atoms with Gasteiger partial charge in [-0.1, -0.05) is 11.6 Å². The number of carbonyl (C=O) groups is 1. The van der Waals surface area contributed by atoms with Crippen molar-refractivity contribution in [3.05, 3.63) is 16.9 Å². The minimum atomic E-state index is -0.849. The molecule has 1 fully saturated rings. The van der Waals surface area contributed by atoms with Gasteiger partial charge in [-0.05, 0) is 14.1 Å². The van der Waals surface area contributed by atoms with Crippen LogP contribution in [-0.4, -0.2) is 67.0 Å². The topological polar surface area (TPSA) is 56.6 Å². The van der Waals surface area contributed by atoms with Crippen LogP contribution in [-0.2, 0) is 16.0 Å². The lowest BCUT2D eigenvalue weighted by molar-refractivity contribution is -0.0667. The highest BCUT2D eigenvalue weighted by Crippen LogP contribution is 2.31. The Balaban J connectivity index is 2.27. The van der Waals surface area contributed by atoms with Crippen LogP contribution in [0.3, 0.4) is 0 Å². The first-order valence-corrected chi connectivity index (χ1v) is 7.42. The quantitative estimate of drug-likeness (QED) is 0.744. The number of ketones is 1. The smallest absolute Gasteiger partial charge is 0.214 e. The SMILES string of the molecule is COC1(C(=O)c2c(Cl)cnn2CCN(C)C)CCOCC1. The molecule has 1 aromatic heterocycles. The first-order chi connectivity index (χ1) is 10.00. The van der Waals surface area contributed by atoms with E-state index in [1.165, 1.54) is 6.20 Å². The number of Topliss-reactive ketones (excluding diaryl/α,β-unsaturated/α-hetero) is 1. The molecule has 0 aromatic carbocycles. The Hall–Kier alpha value is -0.950. The number of halogens is 1. The lowest BCUT2D eigenvalue weighted by Gasteiger charge is -2.34. The van der Waals surface area contributed by atoms with Gasteiger partial charge in [-0.15, -0.1) is 0 Å². The third-order valence-electron chi connectivity index (χ3n) is 3.87. The van der Waals surface area contributed by atoms with Crippen molar-refractivity contribution < 1.29 is 14.3 Å². The molecule has 0 unspecified atom stereocenters. The molecule has 0 bridgehead atoms. The Bertz CT molecular complexity index is 496. The fraction of sp³-hybridized carbons (Fsp3) is 0.714. The molecular weight excluding hydrogens is 294 g/mol. The van der Waals surface area contributed by atoms with Crippen LogP contribution in [0.15, 0.2) is 6.20 Å². The minimum Gasteiger partial charge on any atom is -0.381 e. The molecule has 2 heterocycles. The van der Waals surface area contributed by atoms with E-state index in [1.807, 2.05) is 19.0 Å². The zero-order valence-electron chi connectivity index (χ0n) is 12.8. The Morgan fingerprint density at radius 1 is 1.52 bits per heavy atom. The second-order valence-corrected chi connectivity index (χ2v) is 5.91. The van der Waals surface area contributed by atoms with Gasteiger partial charge in [0.25, 0.3) is 0 Å². The van der Waals surface area contributed by atoms with Crippen molar-refractivity contribution in [2.75, 3.05) is 41.0 Å². The van der Waals surface area contributed by atoms with Crippen molar-refractivity contribution >= 4 is 17.4 Å². The number of nitrogens with zero attached hydrogens (tertiary/aromatic N) is 3. The molecule has 1 aliphatic heterocycles. The molecule has 0 N–H and O–H groups in total. The molecule has 0 aliphatic carbocycles. The average molecular weight is 316 g/mol. The molecule has 6 nitrogen and oxygen atoms in total. The normalized spacial score (nSPS) is 18.1. The summed E-state index contributed by atoms with van der Waals surface area (Å²) in [6, 6.07) is 0. The minimum absolute atomic E-state index is 0.102. The standard InChI is InChI=1S/C14H22ClN3O3/c1-17(2)6-7-18-12(11(15)10-16-18)13(19)14(20-3)4-8-21-9-5-14/h10H,4-9H2,1-3H3. The molecule has 0 atom stereocenters. The summed E-state index contributed by atoms with van der Waals surface area (Å²) in [5.41, 5.74) is -0.417. The van der Waals surface area contributed by atoms with E-state index in [9.17, 15) is 4.79 Å². The number of carbonyl (C=O) groups excluding carboxylic acids is 1. The highest BCUT2D eigenvalue weighted by atomic mass is 35.5. The second kappa shape index (κ2) is 6.87. The van der Waals surface area contributed by atoms with Gasteiger partial charge >= 0.3 is 0 Å². The average Bonchev–Trinajstić information content (AvgIpc) is 2.86. The van der Waals surface area contributed by atoms with Crippen LogP contribution in [0, 0.1) is 0 Å². The predicted octanol–water partition coefficient (Wildman–Crippen LogP) is 1.48. The molecule has 0 amide bonds. The number of hydrogen-bond acceptors (Lipinski definition) is 5. The van der Waals surface area contributed by atoms with E-state index in [-0.39, 0.29) is 5.78 Å². The van der Waals surface area contributed by atoms with Gasteiger partial charge in [0.15, 0.2) is 0 Å². The first kappa shape index (κ1) is 16.4. The van der Waals surface area contributed by atoms with Crippen molar-refractivity contribution in [2.45, 2.75) is 25.0 Å². The van der Waals surface area contributed by atoms with Crippen molar-refractivity contribution in [2.24, 2.45) is 0 Å². The van der Waals surface area contributed by atoms with E-state index >= 15 is 0 Å². The van der Waals surface area contributed by atoms with Gasteiger partial charge in [-0.2, -0.15) is 5.10 Å². The van der Waals surface area contributed by atoms with Crippen LogP contribution in [0.5, 0.6) is 0 Å².